The van der Waals surface area contributed by atoms with Gasteiger partial charge in [0.15, 0.2) is 5.76 Å². The molecule has 0 bridgehead atoms. The zero-order valence-corrected chi connectivity index (χ0v) is 21.9. The standard InChI is InChI=1S/C27H34ClN3O5/c1-27(2,3)30-18-9-10-21(19(15-18)26(34)35-4)31-14-13-20(25(31)33)29-24(32)23-12-11-22(36-23)16-5-7-17(28)8-6-16/h5-8,11-12,18-21,30H,9-10,13-15H2,1-4H3,(H,29,32)/t18-,19-,20+,21+/m1/s1. The lowest BCUT2D eigenvalue weighted by atomic mass is 9.80. The molecule has 4 rings (SSSR count). The Balaban J connectivity index is 1.40. The number of carbonyl (C=O) groups is 3. The fraction of sp³-hybridized carbons (Fsp3) is 0.519. The maximum absolute atomic E-state index is 13.3. The van der Waals surface area contributed by atoms with Gasteiger partial charge in [-0.3, -0.25) is 14.4 Å². The first-order chi connectivity index (χ1) is 17.1. The van der Waals surface area contributed by atoms with Crippen LogP contribution in [0.25, 0.3) is 11.3 Å². The molecule has 2 fully saturated rings. The molecular formula is C27H34ClN3O5. The zero-order chi connectivity index (χ0) is 26.0. The van der Waals surface area contributed by atoms with Crippen molar-refractivity contribution in [3.05, 3.63) is 47.2 Å². The van der Waals surface area contributed by atoms with Crippen LogP contribution < -0.4 is 10.6 Å². The number of likely N-dealkylation sites (tertiary alicyclic amines) is 1. The lowest BCUT2D eigenvalue weighted by molar-refractivity contribution is -0.151. The minimum absolute atomic E-state index is 0.0731. The Hall–Kier alpha value is -2.84. The first-order valence-electron chi connectivity index (χ1n) is 12.4. The minimum atomic E-state index is -0.662. The Morgan fingerprint density at radius 3 is 2.47 bits per heavy atom. The summed E-state index contributed by atoms with van der Waals surface area (Å²) in [6, 6.07) is 9.69. The van der Waals surface area contributed by atoms with Crippen molar-refractivity contribution in [2.45, 2.75) is 70.1 Å². The van der Waals surface area contributed by atoms with Crippen molar-refractivity contribution in [2.24, 2.45) is 5.92 Å². The van der Waals surface area contributed by atoms with Crippen LogP contribution in [-0.2, 0) is 14.3 Å². The topological polar surface area (TPSA) is 101 Å². The quantitative estimate of drug-likeness (QED) is 0.563. The number of esters is 1. The average molecular weight is 516 g/mol. The number of nitrogens with one attached hydrogen (secondary N) is 2. The summed E-state index contributed by atoms with van der Waals surface area (Å²) in [6.07, 6.45) is 2.64. The van der Waals surface area contributed by atoms with Gasteiger partial charge in [0.1, 0.15) is 11.8 Å². The highest BCUT2D eigenvalue weighted by Gasteiger charge is 2.45. The molecule has 1 aliphatic carbocycles. The van der Waals surface area contributed by atoms with E-state index in [1.165, 1.54) is 7.11 Å². The Bertz CT molecular complexity index is 1110. The van der Waals surface area contributed by atoms with Gasteiger partial charge in [0.2, 0.25) is 5.91 Å². The van der Waals surface area contributed by atoms with Gasteiger partial charge in [-0.2, -0.15) is 0 Å². The molecule has 1 aromatic carbocycles. The summed E-state index contributed by atoms with van der Waals surface area (Å²) in [5.41, 5.74) is 0.725. The molecule has 0 radical (unpaired) electrons. The van der Waals surface area contributed by atoms with E-state index in [1.54, 1.807) is 29.2 Å². The van der Waals surface area contributed by atoms with Crippen LogP contribution in [0.1, 0.15) is 57.0 Å². The largest absolute Gasteiger partial charge is 0.469 e. The first-order valence-corrected chi connectivity index (χ1v) is 12.8. The summed E-state index contributed by atoms with van der Waals surface area (Å²) in [5.74, 6) is -0.655. The molecule has 0 spiro atoms. The molecule has 2 N–H and O–H groups in total. The second-order valence-corrected chi connectivity index (χ2v) is 11.1. The molecule has 1 aliphatic heterocycles. The molecular weight excluding hydrogens is 482 g/mol. The summed E-state index contributed by atoms with van der Waals surface area (Å²) in [6.45, 7) is 6.77. The highest BCUT2D eigenvalue weighted by molar-refractivity contribution is 6.30. The SMILES string of the molecule is COC(=O)[C@@H]1C[C@H](NC(C)(C)C)CC[C@@H]1N1CC[C@H](NC(=O)c2ccc(-c3ccc(Cl)cc3)o2)C1=O. The Labute approximate surface area is 216 Å². The molecule has 4 atom stereocenters. The molecule has 8 nitrogen and oxygen atoms in total. The van der Waals surface area contributed by atoms with Crippen LogP contribution in [0.4, 0.5) is 0 Å². The minimum Gasteiger partial charge on any atom is -0.469 e. The van der Waals surface area contributed by atoms with Crippen LogP contribution in [0.3, 0.4) is 0 Å². The second-order valence-electron chi connectivity index (χ2n) is 10.6. The third-order valence-electron chi connectivity index (χ3n) is 6.86. The van der Waals surface area contributed by atoms with E-state index in [0.29, 0.717) is 36.6 Å². The molecule has 1 saturated carbocycles. The van der Waals surface area contributed by atoms with E-state index < -0.39 is 17.9 Å². The van der Waals surface area contributed by atoms with Crippen molar-refractivity contribution in [3.8, 4) is 11.3 Å². The van der Waals surface area contributed by atoms with E-state index in [4.69, 9.17) is 20.8 Å². The van der Waals surface area contributed by atoms with Crippen LogP contribution in [0.15, 0.2) is 40.8 Å². The third kappa shape index (κ3) is 5.93. The van der Waals surface area contributed by atoms with Gasteiger partial charge in [-0.25, -0.2) is 0 Å². The number of furan rings is 1. The summed E-state index contributed by atoms with van der Waals surface area (Å²) in [4.78, 5) is 40.5. The number of carbonyl (C=O) groups excluding carboxylic acids is 3. The van der Waals surface area contributed by atoms with Gasteiger partial charge < -0.3 is 24.7 Å². The van der Waals surface area contributed by atoms with Crippen LogP contribution in [0.5, 0.6) is 0 Å². The number of ether oxygens (including phenoxy) is 1. The fourth-order valence-corrected chi connectivity index (χ4v) is 5.43. The summed E-state index contributed by atoms with van der Waals surface area (Å²) in [5, 5.41) is 7.00. The number of methoxy groups -OCH3 is 1. The predicted octanol–water partition coefficient (Wildman–Crippen LogP) is 4.03. The van der Waals surface area contributed by atoms with Gasteiger partial charge in [-0.05, 0) is 82.9 Å². The number of amides is 2. The van der Waals surface area contributed by atoms with Gasteiger partial charge in [0.25, 0.3) is 5.91 Å². The third-order valence-corrected chi connectivity index (χ3v) is 7.11. The number of rotatable bonds is 6. The van der Waals surface area contributed by atoms with Crippen molar-refractivity contribution in [1.82, 2.24) is 15.5 Å². The summed E-state index contributed by atoms with van der Waals surface area (Å²) >= 11 is 5.94. The Kier molecular flexibility index (Phi) is 7.76. The van der Waals surface area contributed by atoms with E-state index in [9.17, 15) is 14.4 Å². The maximum atomic E-state index is 13.3. The fourth-order valence-electron chi connectivity index (χ4n) is 5.30. The molecule has 0 unspecified atom stereocenters. The molecule has 9 heteroatoms. The van der Waals surface area contributed by atoms with Crippen molar-refractivity contribution in [1.29, 1.82) is 0 Å². The predicted molar refractivity (Wildman–Crippen MR) is 137 cm³/mol. The highest BCUT2D eigenvalue weighted by Crippen LogP contribution is 2.33. The monoisotopic (exact) mass is 515 g/mol. The molecule has 36 heavy (non-hydrogen) atoms. The molecule has 194 valence electrons. The first kappa shape index (κ1) is 26.2. The van der Waals surface area contributed by atoms with Crippen molar-refractivity contribution < 1.29 is 23.5 Å². The van der Waals surface area contributed by atoms with Gasteiger partial charge in [-0.15, -0.1) is 0 Å². The van der Waals surface area contributed by atoms with E-state index in [1.807, 2.05) is 12.1 Å². The smallest absolute Gasteiger partial charge is 0.310 e. The van der Waals surface area contributed by atoms with Crippen LogP contribution in [-0.4, -0.2) is 60.0 Å². The van der Waals surface area contributed by atoms with Gasteiger partial charge >= 0.3 is 5.97 Å². The van der Waals surface area contributed by atoms with Gasteiger partial charge in [0, 0.05) is 34.8 Å². The zero-order valence-electron chi connectivity index (χ0n) is 21.2. The van der Waals surface area contributed by atoms with E-state index in [-0.39, 0.29) is 35.3 Å². The number of halogens is 1. The molecule has 2 amide bonds. The molecule has 1 aromatic heterocycles. The normalized spacial score (nSPS) is 24.6. The summed E-state index contributed by atoms with van der Waals surface area (Å²) < 4.78 is 10.8. The molecule has 2 aromatic rings. The number of hydrogen-bond donors (Lipinski definition) is 2. The second kappa shape index (κ2) is 10.6. The van der Waals surface area contributed by atoms with Crippen molar-refractivity contribution in [3.63, 3.8) is 0 Å². The summed E-state index contributed by atoms with van der Waals surface area (Å²) in [7, 11) is 1.39. The number of hydrogen-bond acceptors (Lipinski definition) is 6. The van der Waals surface area contributed by atoms with E-state index in [0.717, 1.165) is 12.0 Å². The molecule has 2 heterocycles. The van der Waals surface area contributed by atoms with Crippen LogP contribution >= 0.6 is 11.6 Å². The van der Waals surface area contributed by atoms with Gasteiger partial charge in [-0.1, -0.05) is 11.6 Å². The Morgan fingerprint density at radius 2 is 1.81 bits per heavy atom. The number of nitrogens with zero attached hydrogens (tertiary/aromatic N) is 1. The lowest BCUT2D eigenvalue weighted by Crippen LogP contribution is -2.55. The molecule has 2 aliphatic rings. The van der Waals surface area contributed by atoms with Crippen LogP contribution in [0.2, 0.25) is 5.02 Å². The van der Waals surface area contributed by atoms with Crippen molar-refractivity contribution >= 4 is 29.4 Å². The number of benzene rings is 1. The average Bonchev–Trinajstić information content (AvgIpc) is 3.46. The van der Waals surface area contributed by atoms with E-state index >= 15 is 0 Å². The van der Waals surface area contributed by atoms with Crippen LogP contribution in [0, 0.1) is 5.92 Å². The maximum Gasteiger partial charge on any atom is 0.310 e. The Morgan fingerprint density at radius 1 is 1.08 bits per heavy atom. The van der Waals surface area contributed by atoms with Gasteiger partial charge in [0.05, 0.1) is 13.0 Å². The molecule has 1 saturated heterocycles. The van der Waals surface area contributed by atoms with E-state index in [2.05, 4.69) is 31.4 Å². The highest BCUT2D eigenvalue weighted by atomic mass is 35.5. The van der Waals surface area contributed by atoms with Crippen molar-refractivity contribution in [2.75, 3.05) is 13.7 Å². The lowest BCUT2D eigenvalue weighted by Gasteiger charge is -2.41.